The van der Waals surface area contributed by atoms with Crippen molar-refractivity contribution >= 4 is 57.1 Å². The largest absolute Gasteiger partial charge is 0.457 e. The molecular formula is C21H12BrClN2O4. The fraction of sp³-hybridized carbons (Fsp3) is 0. The van der Waals surface area contributed by atoms with Gasteiger partial charge in [0.15, 0.2) is 0 Å². The van der Waals surface area contributed by atoms with Gasteiger partial charge in [0.25, 0.3) is 11.8 Å². The maximum absolute atomic E-state index is 12.9. The Morgan fingerprint density at radius 1 is 0.966 bits per heavy atom. The molecule has 0 spiro atoms. The zero-order valence-corrected chi connectivity index (χ0v) is 17.0. The van der Waals surface area contributed by atoms with E-state index in [0.29, 0.717) is 22.0 Å². The predicted molar refractivity (Wildman–Crippen MR) is 112 cm³/mol. The van der Waals surface area contributed by atoms with Gasteiger partial charge in [0.1, 0.15) is 17.1 Å². The number of barbiturate groups is 1. The Morgan fingerprint density at radius 2 is 1.69 bits per heavy atom. The molecule has 0 bridgehead atoms. The van der Waals surface area contributed by atoms with Gasteiger partial charge in [-0.05, 0) is 54.6 Å². The normalized spacial score (nSPS) is 15.7. The summed E-state index contributed by atoms with van der Waals surface area (Å²) >= 11 is 9.48. The minimum atomic E-state index is -0.810. The molecule has 0 aliphatic carbocycles. The molecule has 3 aromatic rings. The van der Waals surface area contributed by atoms with Crippen LogP contribution in [-0.2, 0) is 9.59 Å². The first-order valence-corrected chi connectivity index (χ1v) is 9.63. The number of carbonyl (C=O) groups is 3. The molecule has 1 N–H and O–H groups in total. The van der Waals surface area contributed by atoms with Gasteiger partial charge in [-0.2, -0.15) is 0 Å². The van der Waals surface area contributed by atoms with E-state index in [4.69, 9.17) is 16.0 Å². The lowest BCUT2D eigenvalue weighted by Gasteiger charge is -2.26. The monoisotopic (exact) mass is 470 g/mol. The Morgan fingerprint density at radius 3 is 2.41 bits per heavy atom. The molecule has 0 unspecified atom stereocenters. The van der Waals surface area contributed by atoms with Crippen molar-refractivity contribution in [1.29, 1.82) is 0 Å². The number of imide groups is 2. The van der Waals surface area contributed by atoms with E-state index in [0.717, 1.165) is 9.37 Å². The van der Waals surface area contributed by atoms with Gasteiger partial charge in [-0.25, -0.2) is 9.69 Å². The van der Waals surface area contributed by atoms with Crippen LogP contribution < -0.4 is 10.2 Å². The number of halogens is 2. The van der Waals surface area contributed by atoms with Gasteiger partial charge >= 0.3 is 6.03 Å². The molecule has 1 saturated heterocycles. The molecule has 6 nitrogen and oxygen atoms in total. The number of carbonyl (C=O) groups excluding carboxylic acids is 3. The number of nitrogens with zero attached hydrogens (tertiary/aromatic N) is 1. The van der Waals surface area contributed by atoms with Gasteiger partial charge < -0.3 is 4.42 Å². The highest BCUT2D eigenvalue weighted by molar-refractivity contribution is 9.10. The van der Waals surface area contributed by atoms with Crippen LogP contribution in [0.2, 0.25) is 5.02 Å². The van der Waals surface area contributed by atoms with Crippen LogP contribution in [0.15, 0.2) is 75.1 Å². The van der Waals surface area contributed by atoms with Crippen molar-refractivity contribution in [2.45, 2.75) is 0 Å². The van der Waals surface area contributed by atoms with E-state index in [9.17, 15) is 14.4 Å². The molecule has 1 aromatic heterocycles. The molecule has 4 rings (SSSR count). The molecule has 144 valence electrons. The number of urea groups is 1. The van der Waals surface area contributed by atoms with E-state index in [1.807, 2.05) is 6.07 Å². The first-order chi connectivity index (χ1) is 13.9. The minimum absolute atomic E-state index is 0.215. The highest BCUT2D eigenvalue weighted by Crippen LogP contribution is 2.30. The summed E-state index contributed by atoms with van der Waals surface area (Å²) in [4.78, 5) is 38.3. The third kappa shape index (κ3) is 3.74. The molecule has 2 aromatic carbocycles. The maximum atomic E-state index is 12.9. The molecule has 1 aliphatic heterocycles. The van der Waals surface area contributed by atoms with Crippen LogP contribution in [0.25, 0.3) is 17.4 Å². The van der Waals surface area contributed by atoms with Crippen molar-refractivity contribution in [2.24, 2.45) is 0 Å². The quantitative estimate of drug-likeness (QED) is 0.429. The van der Waals surface area contributed by atoms with Crippen molar-refractivity contribution in [2.75, 3.05) is 4.90 Å². The number of benzene rings is 2. The number of amides is 4. The first-order valence-electron chi connectivity index (χ1n) is 8.46. The van der Waals surface area contributed by atoms with E-state index >= 15 is 0 Å². The van der Waals surface area contributed by atoms with Crippen LogP contribution in [0, 0.1) is 0 Å². The van der Waals surface area contributed by atoms with Crippen molar-refractivity contribution in [3.05, 3.63) is 81.5 Å². The standard InChI is InChI=1S/C21H12BrClN2O4/c22-12-5-7-13(8-6-12)25-20(27)16(19(26)24-21(25)28)11-14-9-10-18(29-14)15-3-1-2-4-17(15)23/h1-11H,(H,24,26,28)/b16-11-. The van der Waals surface area contributed by atoms with Crippen molar-refractivity contribution in [1.82, 2.24) is 5.32 Å². The number of anilines is 1. The predicted octanol–water partition coefficient (Wildman–Crippen LogP) is 5.03. The Labute approximate surface area is 178 Å². The highest BCUT2D eigenvalue weighted by Gasteiger charge is 2.37. The Bertz CT molecular complexity index is 1170. The molecule has 2 heterocycles. The summed E-state index contributed by atoms with van der Waals surface area (Å²) in [5.41, 5.74) is 0.808. The summed E-state index contributed by atoms with van der Waals surface area (Å²) in [5.74, 6) is -0.753. The minimum Gasteiger partial charge on any atom is -0.457 e. The Kier molecular flexibility index (Phi) is 5.08. The third-order valence-corrected chi connectivity index (χ3v) is 5.10. The second-order valence-corrected chi connectivity index (χ2v) is 7.44. The molecule has 1 aliphatic rings. The maximum Gasteiger partial charge on any atom is 0.335 e. The lowest BCUT2D eigenvalue weighted by molar-refractivity contribution is -0.122. The van der Waals surface area contributed by atoms with E-state index in [-0.39, 0.29) is 11.3 Å². The number of hydrogen-bond donors (Lipinski definition) is 1. The van der Waals surface area contributed by atoms with E-state index < -0.39 is 17.8 Å². The van der Waals surface area contributed by atoms with Gasteiger partial charge in [-0.1, -0.05) is 39.7 Å². The van der Waals surface area contributed by atoms with Gasteiger partial charge in [0.05, 0.1) is 10.7 Å². The van der Waals surface area contributed by atoms with E-state index in [1.54, 1.807) is 54.6 Å². The SMILES string of the molecule is O=C1NC(=O)N(c2ccc(Br)cc2)C(=O)/C1=C\c1ccc(-c2ccccc2Cl)o1. The summed E-state index contributed by atoms with van der Waals surface area (Å²) in [6, 6.07) is 16.2. The van der Waals surface area contributed by atoms with E-state index in [2.05, 4.69) is 21.2 Å². The average Bonchev–Trinajstić information content (AvgIpc) is 3.15. The van der Waals surface area contributed by atoms with Crippen molar-refractivity contribution in [3.8, 4) is 11.3 Å². The van der Waals surface area contributed by atoms with Crippen LogP contribution in [0.1, 0.15) is 5.76 Å². The zero-order valence-electron chi connectivity index (χ0n) is 14.7. The molecular weight excluding hydrogens is 460 g/mol. The van der Waals surface area contributed by atoms with Crippen LogP contribution >= 0.6 is 27.5 Å². The van der Waals surface area contributed by atoms with Gasteiger partial charge in [-0.15, -0.1) is 0 Å². The van der Waals surface area contributed by atoms with Gasteiger partial charge in [0, 0.05) is 10.0 Å². The number of furan rings is 1. The van der Waals surface area contributed by atoms with Crippen LogP contribution in [0.5, 0.6) is 0 Å². The fourth-order valence-electron chi connectivity index (χ4n) is 2.86. The second kappa shape index (κ2) is 7.69. The molecule has 0 atom stereocenters. The van der Waals surface area contributed by atoms with Crippen LogP contribution in [-0.4, -0.2) is 17.8 Å². The average molecular weight is 472 g/mol. The van der Waals surface area contributed by atoms with Crippen molar-refractivity contribution in [3.63, 3.8) is 0 Å². The topological polar surface area (TPSA) is 79.6 Å². The molecule has 0 radical (unpaired) electrons. The number of nitrogens with one attached hydrogen (secondary N) is 1. The molecule has 1 fully saturated rings. The first kappa shape index (κ1) is 19.2. The number of rotatable bonds is 3. The Hall–Kier alpha value is -3.16. The van der Waals surface area contributed by atoms with Gasteiger partial charge in [0.2, 0.25) is 0 Å². The summed E-state index contributed by atoms with van der Waals surface area (Å²) in [7, 11) is 0. The highest BCUT2D eigenvalue weighted by atomic mass is 79.9. The fourth-order valence-corrected chi connectivity index (χ4v) is 3.35. The summed E-state index contributed by atoms with van der Waals surface area (Å²) in [6.45, 7) is 0. The molecule has 0 saturated carbocycles. The summed E-state index contributed by atoms with van der Waals surface area (Å²) < 4.78 is 6.52. The summed E-state index contributed by atoms with van der Waals surface area (Å²) in [5, 5.41) is 2.69. The lowest BCUT2D eigenvalue weighted by atomic mass is 10.1. The van der Waals surface area contributed by atoms with Crippen LogP contribution in [0.3, 0.4) is 0 Å². The van der Waals surface area contributed by atoms with Gasteiger partial charge in [-0.3, -0.25) is 14.9 Å². The van der Waals surface area contributed by atoms with E-state index in [1.165, 1.54) is 6.08 Å². The van der Waals surface area contributed by atoms with Crippen molar-refractivity contribution < 1.29 is 18.8 Å². The smallest absolute Gasteiger partial charge is 0.335 e. The second-order valence-electron chi connectivity index (χ2n) is 6.12. The Balaban J connectivity index is 1.68. The molecule has 4 amide bonds. The summed E-state index contributed by atoms with van der Waals surface area (Å²) in [6.07, 6.45) is 1.30. The lowest BCUT2D eigenvalue weighted by Crippen LogP contribution is -2.54. The number of hydrogen-bond acceptors (Lipinski definition) is 4. The molecule has 29 heavy (non-hydrogen) atoms. The zero-order chi connectivity index (χ0) is 20.5. The van der Waals surface area contributed by atoms with Crippen LogP contribution in [0.4, 0.5) is 10.5 Å². The third-order valence-electron chi connectivity index (χ3n) is 4.24. The molecule has 8 heteroatoms.